The van der Waals surface area contributed by atoms with Crippen LogP contribution in [0.5, 0.6) is 23.1 Å². The summed E-state index contributed by atoms with van der Waals surface area (Å²) in [5.74, 6) is 1.76. The largest absolute Gasteiger partial charge is 0.493 e. The maximum absolute atomic E-state index is 12.5. The number of hydrogen-bond donors (Lipinski definition) is 1. The van der Waals surface area contributed by atoms with E-state index in [1.165, 1.54) is 20.3 Å². The molecule has 7 heteroatoms. The van der Waals surface area contributed by atoms with Gasteiger partial charge in [0.05, 0.1) is 19.2 Å². The molecule has 0 aliphatic rings. The van der Waals surface area contributed by atoms with Crippen molar-refractivity contribution in [3.05, 3.63) is 75.9 Å². The van der Waals surface area contributed by atoms with Crippen molar-refractivity contribution in [1.29, 1.82) is 0 Å². The summed E-state index contributed by atoms with van der Waals surface area (Å²) in [6, 6.07) is 12.8. The van der Waals surface area contributed by atoms with E-state index >= 15 is 0 Å². The second-order valence-corrected chi connectivity index (χ2v) is 7.16. The van der Waals surface area contributed by atoms with Crippen LogP contribution in [-0.4, -0.2) is 25.1 Å². The van der Waals surface area contributed by atoms with Crippen molar-refractivity contribution in [3.8, 4) is 23.1 Å². The summed E-state index contributed by atoms with van der Waals surface area (Å²) in [6.07, 6.45) is 1.67. The fourth-order valence-electron chi connectivity index (χ4n) is 2.84. The fourth-order valence-corrected chi connectivity index (χ4v) is 3.13. The van der Waals surface area contributed by atoms with E-state index < -0.39 is 0 Å². The van der Waals surface area contributed by atoms with Gasteiger partial charge in [-0.2, -0.15) is 0 Å². The number of benzene rings is 2. The normalized spacial score (nSPS) is 10.4. The predicted octanol–water partition coefficient (Wildman–Crippen LogP) is 5.09. The Hall–Kier alpha value is -3.25. The lowest BCUT2D eigenvalue weighted by atomic mass is 10.1. The minimum Gasteiger partial charge on any atom is -0.493 e. The van der Waals surface area contributed by atoms with Crippen LogP contribution in [0.15, 0.2) is 48.7 Å². The standard InChI is InChI=1S/C23H23ClN2O4/c1-14-5-6-15(2)19(9-14)30-21-8-7-16(12-25-21)13-26-23(27)17-10-18(24)22(29-4)20(11-17)28-3/h5-12H,13H2,1-4H3,(H,26,27). The molecule has 3 rings (SSSR count). The highest BCUT2D eigenvalue weighted by molar-refractivity contribution is 6.32. The molecule has 0 radical (unpaired) electrons. The smallest absolute Gasteiger partial charge is 0.251 e. The van der Waals surface area contributed by atoms with Crippen molar-refractivity contribution in [3.63, 3.8) is 0 Å². The monoisotopic (exact) mass is 426 g/mol. The highest BCUT2D eigenvalue weighted by atomic mass is 35.5. The van der Waals surface area contributed by atoms with Crippen molar-refractivity contribution in [1.82, 2.24) is 10.3 Å². The minimum atomic E-state index is -0.284. The summed E-state index contributed by atoms with van der Waals surface area (Å²) >= 11 is 6.17. The third kappa shape index (κ3) is 5.02. The molecule has 2 aromatic carbocycles. The van der Waals surface area contributed by atoms with Crippen molar-refractivity contribution >= 4 is 17.5 Å². The molecule has 3 aromatic rings. The minimum absolute atomic E-state index is 0.284. The van der Waals surface area contributed by atoms with Gasteiger partial charge < -0.3 is 19.5 Å². The molecule has 0 saturated carbocycles. The Morgan fingerprint density at radius 1 is 1.03 bits per heavy atom. The van der Waals surface area contributed by atoms with Gasteiger partial charge in [-0.15, -0.1) is 0 Å². The first-order valence-electron chi connectivity index (χ1n) is 9.31. The van der Waals surface area contributed by atoms with Crippen LogP contribution in [-0.2, 0) is 6.54 Å². The summed E-state index contributed by atoms with van der Waals surface area (Å²) in [6.45, 7) is 4.30. The van der Waals surface area contributed by atoms with Gasteiger partial charge in [-0.3, -0.25) is 4.79 Å². The molecule has 0 saturated heterocycles. The number of pyridine rings is 1. The number of ether oxygens (including phenoxy) is 3. The second kappa shape index (κ2) is 9.50. The molecule has 0 atom stereocenters. The highest BCUT2D eigenvalue weighted by Crippen LogP contribution is 2.36. The molecule has 1 aromatic heterocycles. The molecule has 0 unspecified atom stereocenters. The molecule has 0 spiro atoms. The third-order valence-electron chi connectivity index (χ3n) is 4.50. The van der Waals surface area contributed by atoms with Crippen molar-refractivity contribution in [2.24, 2.45) is 0 Å². The SMILES string of the molecule is COc1cc(C(=O)NCc2ccc(Oc3cc(C)ccc3C)nc2)cc(Cl)c1OC. The number of aryl methyl sites for hydroxylation is 2. The summed E-state index contributed by atoms with van der Waals surface area (Å²) in [4.78, 5) is 16.8. The van der Waals surface area contributed by atoms with E-state index in [-0.39, 0.29) is 5.91 Å². The van der Waals surface area contributed by atoms with Gasteiger partial charge in [-0.1, -0.05) is 29.8 Å². The molecule has 156 valence electrons. The van der Waals surface area contributed by atoms with Crippen LogP contribution >= 0.6 is 11.6 Å². The molecule has 1 amide bonds. The van der Waals surface area contributed by atoms with Gasteiger partial charge in [0.2, 0.25) is 5.88 Å². The first kappa shape index (κ1) is 21.5. The van der Waals surface area contributed by atoms with Crippen LogP contribution < -0.4 is 19.5 Å². The summed E-state index contributed by atoms with van der Waals surface area (Å²) in [5, 5.41) is 3.14. The molecular formula is C23H23ClN2O4. The number of carbonyl (C=O) groups excluding carboxylic acids is 1. The lowest BCUT2D eigenvalue weighted by molar-refractivity contribution is 0.0950. The van der Waals surface area contributed by atoms with Crippen LogP contribution in [0, 0.1) is 13.8 Å². The lowest BCUT2D eigenvalue weighted by Gasteiger charge is -2.12. The van der Waals surface area contributed by atoms with E-state index in [1.54, 1.807) is 18.3 Å². The number of amides is 1. The van der Waals surface area contributed by atoms with Crippen LogP contribution in [0.25, 0.3) is 0 Å². The van der Waals surface area contributed by atoms with Gasteiger partial charge in [-0.05, 0) is 48.7 Å². The van der Waals surface area contributed by atoms with E-state index in [0.29, 0.717) is 34.5 Å². The van der Waals surface area contributed by atoms with Gasteiger partial charge in [0.25, 0.3) is 5.91 Å². The molecule has 0 bridgehead atoms. The zero-order valence-corrected chi connectivity index (χ0v) is 18.0. The van der Waals surface area contributed by atoms with Crippen LogP contribution in [0.4, 0.5) is 0 Å². The number of nitrogens with one attached hydrogen (secondary N) is 1. The van der Waals surface area contributed by atoms with Crippen LogP contribution in [0.1, 0.15) is 27.0 Å². The first-order valence-corrected chi connectivity index (χ1v) is 9.69. The van der Waals surface area contributed by atoms with Crippen LogP contribution in [0.3, 0.4) is 0 Å². The Bertz CT molecular complexity index is 1050. The fraction of sp³-hybridized carbons (Fsp3) is 0.217. The lowest BCUT2D eigenvalue weighted by Crippen LogP contribution is -2.23. The number of carbonyl (C=O) groups is 1. The maximum atomic E-state index is 12.5. The third-order valence-corrected chi connectivity index (χ3v) is 4.79. The van der Waals surface area contributed by atoms with E-state index in [4.69, 9.17) is 25.8 Å². The zero-order valence-electron chi connectivity index (χ0n) is 17.3. The first-order chi connectivity index (χ1) is 14.4. The number of methoxy groups -OCH3 is 2. The molecule has 0 fully saturated rings. The van der Waals surface area contributed by atoms with Gasteiger partial charge in [0, 0.05) is 24.4 Å². The molecular weight excluding hydrogens is 404 g/mol. The second-order valence-electron chi connectivity index (χ2n) is 6.75. The number of hydrogen-bond acceptors (Lipinski definition) is 5. The van der Waals surface area contributed by atoms with Gasteiger partial charge in [-0.25, -0.2) is 4.98 Å². The molecule has 6 nitrogen and oxygen atoms in total. The quantitative estimate of drug-likeness (QED) is 0.569. The van der Waals surface area contributed by atoms with Gasteiger partial charge >= 0.3 is 0 Å². The average Bonchev–Trinajstić information content (AvgIpc) is 2.74. The number of aromatic nitrogens is 1. The Morgan fingerprint density at radius 3 is 2.50 bits per heavy atom. The highest BCUT2D eigenvalue weighted by Gasteiger charge is 2.15. The maximum Gasteiger partial charge on any atom is 0.251 e. The van der Waals surface area contributed by atoms with Gasteiger partial charge in [0.15, 0.2) is 11.5 Å². The molecule has 30 heavy (non-hydrogen) atoms. The zero-order chi connectivity index (χ0) is 21.7. The Labute approximate surface area is 180 Å². The van der Waals surface area contributed by atoms with Crippen molar-refractivity contribution in [2.75, 3.05) is 14.2 Å². The Kier molecular flexibility index (Phi) is 6.79. The topological polar surface area (TPSA) is 69.7 Å². The number of halogens is 1. The molecule has 0 aliphatic heterocycles. The van der Waals surface area contributed by atoms with Crippen molar-refractivity contribution in [2.45, 2.75) is 20.4 Å². The summed E-state index contributed by atoms with van der Waals surface area (Å²) < 4.78 is 16.3. The Balaban J connectivity index is 1.64. The predicted molar refractivity (Wildman–Crippen MR) is 116 cm³/mol. The summed E-state index contributed by atoms with van der Waals surface area (Å²) in [7, 11) is 2.98. The summed E-state index contributed by atoms with van der Waals surface area (Å²) in [5.41, 5.74) is 3.36. The van der Waals surface area contributed by atoms with Crippen molar-refractivity contribution < 1.29 is 19.0 Å². The molecule has 0 aliphatic carbocycles. The van der Waals surface area contributed by atoms with E-state index in [9.17, 15) is 4.79 Å². The number of nitrogens with zero attached hydrogens (tertiary/aromatic N) is 1. The van der Waals surface area contributed by atoms with E-state index in [2.05, 4.69) is 10.3 Å². The van der Waals surface area contributed by atoms with E-state index in [1.807, 2.05) is 38.1 Å². The molecule has 1 heterocycles. The van der Waals surface area contributed by atoms with Crippen LogP contribution in [0.2, 0.25) is 5.02 Å². The molecule has 1 N–H and O–H groups in total. The Morgan fingerprint density at radius 2 is 1.83 bits per heavy atom. The average molecular weight is 427 g/mol. The van der Waals surface area contributed by atoms with E-state index in [0.717, 1.165) is 22.4 Å². The number of rotatable bonds is 7. The van der Waals surface area contributed by atoms with Gasteiger partial charge in [0.1, 0.15) is 5.75 Å².